The van der Waals surface area contributed by atoms with Gasteiger partial charge in [-0.05, 0) is 81.9 Å². The Morgan fingerprint density at radius 3 is 1.16 bits per heavy atom. The third-order valence-electron chi connectivity index (χ3n) is 10.6. The van der Waals surface area contributed by atoms with E-state index in [9.17, 15) is 0 Å². The summed E-state index contributed by atoms with van der Waals surface area (Å²) in [5, 5.41) is 1.96. The van der Waals surface area contributed by atoms with Crippen molar-refractivity contribution in [1.82, 2.24) is 19.9 Å². The van der Waals surface area contributed by atoms with Crippen molar-refractivity contribution < 1.29 is 8.83 Å². The lowest BCUT2D eigenvalue weighted by Gasteiger charge is -2.07. The molecular formula is C50H30N4O2. The Kier molecular flexibility index (Phi) is 7.38. The van der Waals surface area contributed by atoms with Crippen LogP contribution in [0.3, 0.4) is 0 Å². The van der Waals surface area contributed by atoms with Crippen LogP contribution in [-0.4, -0.2) is 19.9 Å². The number of hydrogen-bond donors (Lipinski definition) is 0. The highest BCUT2D eigenvalue weighted by Gasteiger charge is 2.19. The van der Waals surface area contributed by atoms with E-state index >= 15 is 0 Å². The van der Waals surface area contributed by atoms with Gasteiger partial charge < -0.3 is 8.83 Å². The fourth-order valence-corrected chi connectivity index (χ4v) is 7.90. The molecule has 0 aliphatic rings. The Hall–Kier alpha value is -7.70. The minimum absolute atomic E-state index is 0.759. The predicted molar refractivity (Wildman–Crippen MR) is 225 cm³/mol. The number of nitrogens with zero attached hydrogens (tertiary/aromatic N) is 4. The van der Waals surface area contributed by atoms with Gasteiger partial charge in [-0.25, -0.2) is 0 Å². The molecule has 0 amide bonds. The van der Waals surface area contributed by atoms with Gasteiger partial charge in [0.25, 0.3) is 0 Å². The molecule has 6 heterocycles. The van der Waals surface area contributed by atoms with Crippen molar-refractivity contribution in [2.24, 2.45) is 0 Å². The van der Waals surface area contributed by atoms with E-state index in [1.807, 2.05) is 49.1 Å². The van der Waals surface area contributed by atoms with E-state index < -0.39 is 0 Å². The maximum absolute atomic E-state index is 6.75. The van der Waals surface area contributed by atoms with Gasteiger partial charge in [-0.3, -0.25) is 19.9 Å². The van der Waals surface area contributed by atoms with Gasteiger partial charge in [0.15, 0.2) is 11.2 Å². The van der Waals surface area contributed by atoms with E-state index in [0.717, 1.165) is 111 Å². The van der Waals surface area contributed by atoms with Gasteiger partial charge in [0.2, 0.25) is 0 Å². The molecule has 0 spiro atoms. The molecule has 5 aromatic carbocycles. The zero-order chi connectivity index (χ0) is 37.0. The fraction of sp³-hybridized carbons (Fsp3) is 0. The number of furan rings is 2. The van der Waals surface area contributed by atoms with E-state index in [-0.39, 0.29) is 0 Å². The van der Waals surface area contributed by atoms with Crippen molar-refractivity contribution in [3.8, 4) is 66.8 Å². The van der Waals surface area contributed by atoms with Crippen LogP contribution in [0, 0.1) is 0 Å². The number of rotatable bonds is 6. The van der Waals surface area contributed by atoms with E-state index in [4.69, 9.17) is 18.8 Å². The molecule has 0 aliphatic carbocycles. The Morgan fingerprint density at radius 2 is 0.714 bits per heavy atom. The molecule has 0 aliphatic heterocycles. The van der Waals surface area contributed by atoms with Gasteiger partial charge in [-0.2, -0.15) is 0 Å². The number of pyridine rings is 4. The summed E-state index contributed by atoms with van der Waals surface area (Å²) in [4.78, 5) is 18.2. The van der Waals surface area contributed by atoms with Crippen molar-refractivity contribution in [2.45, 2.75) is 0 Å². The van der Waals surface area contributed by atoms with Crippen molar-refractivity contribution in [1.29, 1.82) is 0 Å². The van der Waals surface area contributed by atoms with Gasteiger partial charge in [-0.1, -0.05) is 97.1 Å². The van der Waals surface area contributed by atoms with Crippen molar-refractivity contribution in [3.63, 3.8) is 0 Å². The van der Waals surface area contributed by atoms with Gasteiger partial charge in [-0.15, -0.1) is 0 Å². The summed E-state index contributed by atoms with van der Waals surface area (Å²) >= 11 is 0. The average Bonchev–Trinajstić information content (AvgIpc) is 3.86. The Bertz CT molecular complexity index is 3020. The quantitative estimate of drug-likeness (QED) is 0.170. The van der Waals surface area contributed by atoms with Crippen LogP contribution >= 0.6 is 0 Å². The van der Waals surface area contributed by atoms with Gasteiger partial charge in [0.05, 0.1) is 0 Å². The summed E-state index contributed by atoms with van der Waals surface area (Å²) in [6.45, 7) is 0. The van der Waals surface area contributed by atoms with E-state index in [1.54, 1.807) is 12.4 Å². The molecule has 0 bridgehead atoms. The Balaban J connectivity index is 0.974. The lowest BCUT2D eigenvalue weighted by Crippen LogP contribution is -1.84. The first-order valence-corrected chi connectivity index (χ1v) is 18.5. The van der Waals surface area contributed by atoms with Crippen LogP contribution in [0.2, 0.25) is 0 Å². The van der Waals surface area contributed by atoms with E-state index in [0.29, 0.717) is 0 Å². The van der Waals surface area contributed by atoms with E-state index in [2.05, 4.69) is 131 Å². The highest BCUT2D eigenvalue weighted by Crippen LogP contribution is 2.42. The molecule has 0 saturated heterocycles. The molecule has 11 aromatic rings. The van der Waals surface area contributed by atoms with Gasteiger partial charge >= 0.3 is 0 Å². The zero-order valence-corrected chi connectivity index (χ0v) is 29.9. The predicted octanol–water partition coefficient (Wildman–Crippen LogP) is 13.1. The summed E-state index contributed by atoms with van der Waals surface area (Å²) < 4.78 is 13.5. The Morgan fingerprint density at radius 1 is 0.304 bits per heavy atom. The van der Waals surface area contributed by atoms with Crippen LogP contribution < -0.4 is 0 Å². The number of hydrogen-bond acceptors (Lipinski definition) is 6. The first kappa shape index (κ1) is 31.8. The smallest absolute Gasteiger partial charge is 0.161 e. The molecule has 0 unspecified atom stereocenters. The lowest BCUT2D eigenvalue weighted by atomic mass is 9.98. The monoisotopic (exact) mass is 718 g/mol. The molecule has 0 atom stereocenters. The normalized spacial score (nSPS) is 11.6. The molecule has 6 heteroatoms. The largest absolute Gasteiger partial charge is 0.453 e. The number of para-hydroxylation sites is 2. The molecule has 262 valence electrons. The summed E-state index contributed by atoms with van der Waals surface area (Å²) in [5.74, 6) is 0. The highest BCUT2D eigenvalue weighted by molar-refractivity contribution is 6.12. The van der Waals surface area contributed by atoms with Crippen LogP contribution in [0.25, 0.3) is 111 Å². The summed E-state index contributed by atoms with van der Waals surface area (Å²) in [6.07, 6.45) is 11.1. The summed E-state index contributed by atoms with van der Waals surface area (Å²) in [6, 6.07) is 50.2. The number of fused-ring (bicyclic) bond motifs is 6. The molecule has 56 heavy (non-hydrogen) atoms. The van der Waals surface area contributed by atoms with E-state index in [1.165, 1.54) is 0 Å². The molecular weight excluding hydrogens is 689 g/mol. The zero-order valence-electron chi connectivity index (χ0n) is 29.9. The standard InChI is InChI=1S/C50H30N4O2/c1-7-33(37-11-5-23-51-29-37)27-35(9-1)39-13-3-15-43-45-49(55-47(39)43)41(21-25-53-45)31-17-19-32(20-18-31)42-22-26-54-46-44-16-4-14-40(48(44)56-50(42)46)36-10-2-8-34(28-36)38-12-6-24-52-30-38/h1-30H. The van der Waals surface area contributed by atoms with Gasteiger partial charge in [0, 0.05) is 81.3 Å². The number of benzene rings is 5. The van der Waals surface area contributed by atoms with Crippen LogP contribution in [0.1, 0.15) is 0 Å². The lowest BCUT2D eigenvalue weighted by molar-refractivity contribution is 0.670. The fourth-order valence-electron chi connectivity index (χ4n) is 7.90. The summed E-state index contributed by atoms with van der Waals surface area (Å²) in [7, 11) is 0. The maximum Gasteiger partial charge on any atom is 0.161 e. The summed E-state index contributed by atoms with van der Waals surface area (Å²) in [5.41, 5.74) is 17.4. The first-order chi connectivity index (χ1) is 27.8. The topological polar surface area (TPSA) is 77.8 Å². The van der Waals surface area contributed by atoms with Crippen molar-refractivity contribution in [3.05, 3.63) is 183 Å². The van der Waals surface area contributed by atoms with Crippen LogP contribution in [0.5, 0.6) is 0 Å². The van der Waals surface area contributed by atoms with Crippen molar-refractivity contribution >= 4 is 44.1 Å². The first-order valence-electron chi connectivity index (χ1n) is 18.5. The highest BCUT2D eigenvalue weighted by atomic mass is 16.3. The van der Waals surface area contributed by atoms with Gasteiger partial charge in [0.1, 0.15) is 22.2 Å². The Labute approximate surface area is 321 Å². The average molecular weight is 719 g/mol. The third-order valence-corrected chi connectivity index (χ3v) is 10.6. The molecule has 0 N–H and O–H groups in total. The second kappa shape index (κ2) is 13.0. The minimum Gasteiger partial charge on any atom is -0.453 e. The molecule has 0 fully saturated rings. The molecule has 6 aromatic heterocycles. The molecule has 0 radical (unpaired) electrons. The molecule has 11 rings (SSSR count). The van der Waals surface area contributed by atoms with Crippen LogP contribution in [0.15, 0.2) is 192 Å². The number of aromatic nitrogens is 4. The van der Waals surface area contributed by atoms with Crippen molar-refractivity contribution in [2.75, 3.05) is 0 Å². The SMILES string of the molecule is c1cncc(-c2cccc(-c3cccc4c3oc3c(-c5ccc(-c6ccnc7c6oc6c(-c8cccc(-c9cccnc9)c8)cccc67)cc5)ccnc34)c2)c1. The second-order valence-electron chi connectivity index (χ2n) is 13.9. The third kappa shape index (κ3) is 5.27. The maximum atomic E-state index is 6.75. The van der Waals surface area contributed by atoms with Crippen LogP contribution in [0.4, 0.5) is 0 Å². The van der Waals surface area contributed by atoms with Crippen LogP contribution in [-0.2, 0) is 0 Å². The second-order valence-corrected chi connectivity index (χ2v) is 13.9. The molecule has 0 saturated carbocycles. The minimum atomic E-state index is 0.759. The molecule has 6 nitrogen and oxygen atoms in total.